The number of hydrogen-bond donors (Lipinski definition) is 3. The molecule has 3 N–H and O–H groups in total. The molecule has 6 heteroatoms. The smallest absolute Gasteiger partial charge is 0.305 e. The molecule has 0 saturated heterocycles. The lowest BCUT2D eigenvalue weighted by atomic mass is 10.0. The van der Waals surface area contributed by atoms with Crippen molar-refractivity contribution in [2.45, 2.75) is 379 Å². The Balaban J connectivity index is 3.49. The van der Waals surface area contributed by atoms with Gasteiger partial charge in [0.15, 0.2) is 0 Å². The largest absolute Gasteiger partial charge is 0.466 e. The molecule has 0 aromatic carbocycles. The van der Waals surface area contributed by atoms with Crippen LogP contribution < -0.4 is 5.32 Å². The Morgan fingerprint density at radius 2 is 0.653 bits per heavy atom. The normalized spacial score (nSPS) is 12.7. The maximum absolute atomic E-state index is 12.5. The second kappa shape index (κ2) is 64.6. The lowest BCUT2D eigenvalue weighted by Gasteiger charge is -2.20. The maximum Gasteiger partial charge on any atom is 0.305 e. The number of aliphatic hydroxyl groups excluding tert-OH is 2. The summed E-state index contributed by atoms with van der Waals surface area (Å²) in [7, 11) is 0. The Kier molecular flexibility index (Phi) is 63.0. The first-order valence-electron chi connectivity index (χ1n) is 33.8. The van der Waals surface area contributed by atoms with E-state index < -0.39 is 12.1 Å². The lowest BCUT2D eigenvalue weighted by Crippen LogP contribution is -2.45. The Morgan fingerprint density at radius 1 is 0.373 bits per heavy atom. The average Bonchev–Trinajstić information content (AvgIpc) is 3.41. The van der Waals surface area contributed by atoms with Crippen molar-refractivity contribution in [3.05, 3.63) is 36.5 Å². The summed E-state index contributed by atoms with van der Waals surface area (Å²) in [6.45, 7) is 4.90. The molecule has 0 heterocycles. The minimum absolute atomic E-state index is 0.0101. The number of rotatable bonds is 63. The van der Waals surface area contributed by atoms with Crippen molar-refractivity contribution in [3.63, 3.8) is 0 Å². The number of unbranched alkanes of at least 4 members (excludes halogenated alkanes) is 49. The van der Waals surface area contributed by atoms with Crippen molar-refractivity contribution >= 4 is 11.9 Å². The van der Waals surface area contributed by atoms with Crippen LogP contribution in [0.25, 0.3) is 0 Å². The molecule has 0 rings (SSSR count). The van der Waals surface area contributed by atoms with Gasteiger partial charge in [0.1, 0.15) is 0 Å². The third kappa shape index (κ3) is 61.2. The Bertz CT molecular complexity index is 1210. The molecular formula is C69H131NO5. The van der Waals surface area contributed by atoms with Gasteiger partial charge >= 0.3 is 5.97 Å². The van der Waals surface area contributed by atoms with E-state index >= 15 is 0 Å². The van der Waals surface area contributed by atoms with E-state index in [9.17, 15) is 19.8 Å². The number of allylic oxidation sites excluding steroid dienone is 5. The first-order chi connectivity index (χ1) is 37.0. The second-order valence-corrected chi connectivity index (χ2v) is 23.2. The molecular weight excluding hydrogens is 923 g/mol. The highest BCUT2D eigenvalue weighted by Gasteiger charge is 2.18. The highest BCUT2D eigenvalue weighted by molar-refractivity contribution is 5.76. The van der Waals surface area contributed by atoms with Gasteiger partial charge < -0.3 is 20.3 Å². The van der Waals surface area contributed by atoms with Gasteiger partial charge in [-0.3, -0.25) is 9.59 Å². The zero-order valence-electron chi connectivity index (χ0n) is 50.5. The summed E-state index contributed by atoms with van der Waals surface area (Å²) in [4.78, 5) is 24.6. The van der Waals surface area contributed by atoms with Crippen LogP contribution >= 0.6 is 0 Å². The molecule has 0 spiro atoms. The standard InChI is InChI=1S/C69H131NO5/c1-3-5-7-9-11-13-15-17-19-21-22-23-24-25-27-30-33-37-41-45-49-53-57-61-67(72)66(65-71)70-68(73)62-58-54-50-46-42-38-34-31-28-26-29-32-36-40-44-48-52-56-60-64-75-69(74)63-59-55-51-47-43-39-35-20-18-16-14-12-10-8-6-4-2/h32,36,40,44,57,61,66-67,71-72H,3-31,33-35,37-39,41-43,45-56,58-60,62-65H2,1-2H3,(H,70,73)/b36-32-,44-40-,61-57+. The fraction of sp³-hybridized carbons (Fsp3) is 0.884. The summed E-state index contributed by atoms with van der Waals surface area (Å²) >= 11 is 0. The number of aliphatic hydroxyl groups is 2. The van der Waals surface area contributed by atoms with E-state index in [-0.39, 0.29) is 18.5 Å². The van der Waals surface area contributed by atoms with Crippen LogP contribution in [-0.2, 0) is 14.3 Å². The van der Waals surface area contributed by atoms with Crippen molar-refractivity contribution in [3.8, 4) is 0 Å². The van der Waals surface area contributed by atoms with Gasteiger partial charge in [0, 0.05) is 12.8 Å². The molecule has 0 aliphatic heterocycles. The van der Waals surface area contributed by atoms with Crippen molar-refractivity contribution in [2.75, 3.05) is 13.2 Å². The second-order valence-electron chi connectivity index (χ2n) is 23.2. The van der Waals surface area contributed by atoms with Crippen molar-refractivity contribution in [1.29, 1.82) is 0 Å². The van der Waals surface area contributed by atoms with E-state index in [0.29, 0.717) is 19.4 Å². The molecule has 0 aliphatic carbocycles. The molecule has 0 aromatic heterocycles. The minimum atomic E-state index is -0.853. The van der Waals surface area contributed by atoms with Crippen LogP contribution in [0, 0.1) is 0 Å². The molecule has 0 radical (unpaired) electrons. The van der Waals surface area contributed by atoms with E-state index in [2.05, 4.69) is 43.5 Å². The van der Waals surface area contributed by atoms with Gasteiger partial charge in [-0.1, -0.05) is 326 Å². The Hall–Kier alpha value is -1.92. The number of carbonyl (C=O) groups excluding carboxylic acids is 2. The van der Waals surface area contributed by atoms with Crippen molar-refractivity contribution < 1.29 is 24.5 Å². The number of amides is 1. The van der Waals surface area contributed by atoms with Crippen LogP contribution in [0.5, 0.6) is 0 Å². The van der Waals surface area contributed by atoms with Crippen LogP contribution in [-0.4, -0.2) is 47.4 Å². The molecule has 2 unspecified atom stereocenters. The fourth-order valence-corrected chi connectivity index (χ4v) is 10.5. The van der Waals surface area contributed by atoms with Crippen LogP contribution in [0.1, 0.15) is 367 Å². The molecule has 0 aliphatic rings. The minimum Gasteiger partial charge on any atom is -0.466 e. The van der Waals surface area contributed by atoms with Crippen LogP contribution in [0.15, 0.2) is 36.5 Å². The summed E-state index contributed by atoms with van der Waals surface area (Å²) in [6.07, 6.45) is 82.0. The van der Waals surface area contributed by atoms with Crippen LogP contribution in [0.2, 0.25) is 0 Å². The summed E-state index contributed by atoms with van der Waals surface area (Å²) < 4.78 is 5.47. The molecule has 2 atom stereocenters. The predicted octanol–water partition coefficient (Wildman–Crippen LogP) is 21.5. The number of ether oxygens (including phenoxy) is 1. The Labute approximate surface area is 468 Å². The van der Waals surface area contributed by atoms with Gasteiger partial charge in [-0.15, -0.1) is 0 Å². The molecule has 0 saturated carbocycles. The molecule has 0 fully saturated rings. The SMILES string of the molecule is CCCCCCCCCCCCCCCCCCCCCCC/C=C/C(O)C(CO)NC(=O)CCCCCCCCCCCC/C=C\C=C/CCCCCOC(=O)CCCCCCCCCCCCCCCCCC. The Morgan fingerprint density at radius 3 is 0.987 bits per heavy atom. The van der Waals surface area contributed by atoms with E-state index in [1.54, 1.807) is 6.08 Å². The predicted molar refractivity (Wildman–Crippen MR) is 329 cm³/mol. The molecule has 0 aromatic rings. The summed E-state index contributed by atoms with van der Waals surface area (Å²) in [6, 6.07) is -0.637. The van der Waals surface area contributed by atoms with E-state index in [1.807, 2.05) is 6.08 Å². The van der Waals surface area contributed by atoms with E-state index in [4.69, 9.17) is 4.74 Å². The first kappa shape index (κ1) is 73.1. The molecule has 6 nitrogen and oxygen atoms in total. The van der Waals surface area contributed by atoms with Crippen LogP contribution in [0.4, 0.5) is 0 Å². The van der Waals surface area contributed by atoms with Gasteiger partial charge in [0.2, 0.25) is 5.91 Å². The van der Waals surface area contributed by atoms with Gasteiger partial charge in [-0.05, 0) is 64.2 Å². The highest BCUT2D eigenvalue weighted by atomic mass is 16.5. The lowest BCUT2D eigenvalue weighted by molar-refractivity contribution is -0.143. The number of nitrogens with one attached hydrogen (secondary N) is 1. The fourth-order valence-electron chi connectivity index (χ4n) is 10.5. The quantitative estimate of drug-likeness (QED) is 0.0244. The summed E-state index contributed by atoms with van der Waals surface area (Å²) in [5.74, 6) is -0.0845. The number of carbonyl (C=O) groups is 2. The van der Waals surface area contributed by atoms with E-state index in [0.717, 1.165) is 77.0 Å². The summed E-state index contributed by atoms with van der Waals surface area (Å²) in [5, 5.41) is 23.2. The molecule has 75 heavy (non-hydrogen) atoms. The van der Waals surface area contributed by atoms with Crippen molar-refractivity contribution in [2.24, 2.45) is 0 Å². The zero-order chi connectivity index (χ0) is 54.3. The molecule has 1 amide bonds. The van der Waals surface area contributed by atoms with Crippen LogP contribution in [0.3, 0.4) is 0 Å². The molecule has 442 valence electrons. The van der Waals surface area contributed by atoms with Gasteiger partial charge in [-0.25, -0.2) is 0 Å². The molecule has 0 bridgehead atoms. The third-order valence-corrected chi connectivity index (χ3v) is 15.7. The van der Waals surface area contributed by atoms with Gasteiger partial charge in [-0.2, -0.15) is 0 Å². The average molecular weight is 1050 g/mol. The summed E-state index contributed by atoms with van der Waals surface area (Å²) in [5.41, 5.74) is 0. The number of esters is 1. The third-order valence-electron chi connectivity index (χ3n) is 15.7. The first-order valence-corrected chi connectivity index (χ1v) is 33.8. The van der Waals surface area contributed by atoms with Gasteiger partial charge in [0.25, 0.3) is 0 Å². The maximum atomic E-state index is 12.5. The number of hydrogen-bond acceptors (Lipinski definition) is 5. The van der Waals surface area contributed by atoms with Crippen molar-refractivity contribution in [1.82, 2.24) is 5.32 Å². The van der Waals surface area contributed by atoms with E-state index in [1.165, 1.54) is 263 Å². The monoisotopic (exact) mass is 1050 g/mol. The topological polar surface area (TPSA) is 95.9 Å². The highest BCUT2D eigenvalue weighted by Crippen LogP contribution is 2.18. The zero-order valence-corrected chi connectivity index (χ0v) is 50.5. The van der Waals surface area contributed by atoms with Gasteiger partial charge in [0.05, 0.1) is 25.4 Å².